The highest BCUT2D eigenvalue weighted by atomic mass is 16.5. The number of amides is 1. The summed E-state index contributed by atoms with van der Waals surface area (Å²) in [4.78, 5) is 12.0. The van der Waals surface area contributed by atoms with Crippen molar-refractivity contribution in [3.63, 3.8) is 0 Å². The maximum absolute atomic E-state index is 12.0. The highest BCUT2D eigenvalue weighted by molar-refractivity contribution is 5.93. The van der Waals surface area contributed by atoms with Crippen LogP contribution in [-0.4, -0.2) is 17.1 Å². The summed E-state index contributed by atoms with van der Waals surface area (Å²) in [6, 6.07) is 11.6. The third-order valence-electron chi connectivity index (χ3n) is 3.51. The lowest BCUT2D eigenvalue weighted by molar-refractivity contribution is 0.0887. The molecule has 3 rings (SSSR count). The molecular weight excluding hydrogens is 240 g/mol. The van der Waals surface area contributed by atoms with E-state index in [1.807, 2.05) is 30.3 Å². The number of aromatic nitrogens is 1. The van der Waals surface area contributed by atoms with Crippen molar-refractivity contribution in [3.05, 3.63) is 42.1 Å². The van der Waals surface area contributed by atoms with E-state index in [0.717, 1.165) is 18.4 Å². The van der Waals surface area contributed by atoms with E-state index in [2.05, 4.69) is 17.4 Å². The van der Waals surface area contributed by atoms with Crippen LogP contribution in [0.4, 0.5) is 0 Å². The van der Waals surface area contributed by atoms with Crippen LogP contribution in [0.2, 0.25) is 0 Å². The van der Waals surface area contributed by atoms with Crippen molar-refractivity contribution in [2.45, 2.75) is 25.8 Å². The molecule has 0 spiro atoms. The molecule has 1 amide bonds. The molecule has 0 saturated heterocycles. The minimum Gasteiger partial charge on any atom is -0.355 e. The monoisotopic (exact) mass is 256 g/mol. The molecule has 0 bridgehead atoms. The van der Waals surface area contributed by atoms with E-state index < -0.39 is 0 Å². The molecule has 1 aliphatic rings. The van der Waals surface area contributed by atoms with Gasteiger partial charge in [0, 0.05) is 17.7 Å². The van der Waals surface area contributed by atoms with E-state index in [9.17, 15) is 4.79 Å². The van der Waals surface area contributed by atoms with Gasteiger partial charge in [-0.3, -0.25) is 4.79 Å². The third-order valence-corrected chi connectivity index (χ3v) is 3.51. The zero-order chi connectivity index (χ0) is 13.2. The maximum atomic E-state index is 12.0. The van der Waals surface area contributed by atoms with E-state index in [4.69, 9.17) is 4.52 Å². The van der Waals surface area contributed by atoms with Gasteiger partial charge in [0.2, 0.25) is 0 Å². The van der Waals surface area contributed by atoms with Gasteiger partial charge in [-0.25, -0.2) is 0 Å². The molecule has 1 heterocycles. The Morgan fingerprint density at radius 2 is 2.05 bits per heavy atom. The highest BCUT2D eigenvalue weighted by Gasteiger charge is 2.27. The lowest BCUT2D eigenvalue weighted by Crippen LogP contribution is -2.43. The SMILES string of the molecule is C[C@H]1C[C@@H](NC(=O)c2cc(-c3ccccc3)on2)C1. The van der Waals surface area contributed by atoms with Crippen LogP contribution >= 0.6 is 0 Å². The quantitative estimate of drug-likeness (QED) is 0.918. The normalized spacial score (nSPS) is 21.7. The van der Waals surface area contributed by atoms with Crippen LogP contribution in [0.25, 0.3) is 11.3 Å². The van der Waals surface area contributed by atoms with Crippen molar-refractivity contribution in [3.8, 4) is 11.3 Å². The van der Waals surface area contributed by atoms with Gasteiger partial charge in [-0.05, 0) is 18.8 Å². The van der Waals surface area contributed by atoms with E-state index in [-0.39, 0.29) is 5.91 Å². The molecule has 19 heavy (non-hydrogen) atoms. The number of rotatable bonds is 3. The van der Waals surface area contributed by atoms with Gasteiger partial charge in [-0.2, -0.15) is 0 Å². The van der Waals surface area contributed by atoms with Crippen molar-refractivity contribution in [2.24, 2.45) is 5.92 Å². The van der Waals surface area contributed by atoms with Gasteiger partial charge in [0.05, 0.1) is 0 Å². The summed E-state index contributed by atoms with van der Waals surface area (Å²) in [6.45, 7) is 2.19. The van der Waals surface area contributed by atoms with Crippen LogP contribution in [-0.2, 0) is 0 Å². The second-order valence-electron chi connectivity index (χ2n) is 5.19. The summed E-state index contributed by atoms with van der Waals surface area (Å²) in [7, 11) is 0. The molecule has 4 heteroatoms. The Kier molecular flexibility index (Phi) is 3.07. The van der Waals surface area contributed by atoms with E-state index in [0.29, 0.717) is 23.4 Å². The predicted molar refractivity (Wildman–Crippen MR) is 71.6 cm³/mol. The summed E-state index contributed by atoms with van der Waals surface area (Å²) in [5.41, 5.74) is 1.27. The molecule has 1 aliphatic carbocycles. The van der Waals surface area contributed by atoms with Crippen molar-refractivity contribution < 1.29 is 9.32 Å². The Balaban J connectivity index is 1.69. The molecule has 0 unspecified atom stereocenters. The molecule has 0 aliphatic heterocycles. The number of hydrogen-bond donors (Lipinski definition) is 1. The van der Waals surface area contributed by atoms with Gasteiger partial charge in [-0.1, -0.05) is 42.4 Å². The molecule has 98 valence electrons. The average molecular weight is 256 g/mol. The minimum absolute atomic E-state index is 0.150. The summed E-state index contributed by atoms with van der Waals surface area (Å²) in [5.74, 6) is 1.18. The summed E-state index contributed by atoms with van der Waals surface area (Å²) < 4.78 is 5.22. The molecule has 1 fully saturated rings. The van der Waals surface area contributed by atoms with Crippen LogP contribution in [0.15, 0.2) is 40.9 Å². The second kappa shape index (κ2) is 4.88. The molecular formula is C15H16N2O2. The average Bonchev–Trinajstić information content (AvgIpc) is 2.87. The Labute approximate surface area is 111 Å². The third kappa shape index (κ3) is 2.52. The van der Waals surface area contributed by atoms with Crippen LogP contribution in [0.1, 0.15) is 30.3 Å². The van der Waals surface area contributed by atoms with Gasteiger partial charge >= 0.3 is 0 Å². The first kappa shape index (κ1) is 12.0. The van der Waals surface area contributed by atoms with Crippen LogP contribution in [0, 0.1) is 5.92 Å². The van der Waals surface area contributed by atoms with Gasteiger partial charge < -0.3 is 9.84 Å². The zero-order valence-corrected chi connectivity index (χ0v) is 10.8. The van der Waals surface area contributed by atoms with Crippen LogP contribution in [0.5, 0.6) is 0 Å². The number of hydrogen-bond acceptors (Lipinski definition) is 3. The van der Waals surface area contributed by atoms with E-state index in [1.54, 1.807) is 6.07 Å². The van der Waals surface area contributed by atoms with E-state index in [1.165, 1.54) is 0 Å². The summed E-state index contributed by atoms with van der Waals surface area (Å²) >= 11 is 0. The van der Waals surface area contributed by atoms with Crippen molar-refractivity contribution >= 4 is 5.91 Å². The standard InChI is InChI=1S/C15H16N2O2/c1-10-7-12(8-10)16-15(18)13-9-14(19-17-13)11-5-3-2-4-6-11/h2-6,9-10,12H,7-8H2,1H3,(H,16,18)/t10-,12+. The molecule has 2 aromatic rings. The molecule has 0 atom stereocenters. The van der Waals surface area contributed by atoms with Crippen molar-refractivity contribution in [1.82, 2.24) is 10.5 Å². The zero-order valence-electron chi connectivity index (χ0n) is 10.8. The highest BCUT2D eigenvalue weighted by Crippen LogP contribution is 2.26. The van der Waals surface area contributed by atoms with Gasteiger partial charge in [0.25, 0.3) is 5.91 Å². The topological polar surface area (TPSA) is 55.1 Å². The van der Waals surface area contributed by atoms with E-state index >= 15 is 0 Å². The molecule has 1 aromatic heterocycles. The Bertz CT molecular complexity index is 571. The first-order chi connectivity index (χ1) is 9.22. The number of nitrogens with zero attached hydrogens (tertiary/aromatic N) is 1. The fourth-order valence-corrected chi connectivity index (χ4v) is 2.40. The number of carbonyl (C=O) groups excluding carboxylic acids is 1. The van der Waals surface area contributed by atoms with Gasteiger partial charge in [0.1, 0.15) is 0 Å². The number of carbonyl (C=O) groups is 1. The molecule has 1 aromatic carbocycles. The van der Waals surface area contributed by atoms with Crippen molar-refractivity contribution in [2.75, 3.05) is 0 Å². The first-order valence-corrected chi connectivity index (χ1v) is 6.55. The predicted octanol–water partition coefficient (Wildman–Crippen LogP) is 2.87. The van der Waals surface area contributed by atoms with Gasteiger partial charge in [0.15, 0.2) is 11.5 Å². The first-order valence-electron chi connectivity index (χ1n) is 6.55. The second-order valence-corrected chi connectivity index (χ2v) is 5.19. The Morgan fingerprint density at radius 3 is 2.74 bits per heavy atom. The Hall–Kier alpha value is -2.10. The largest absolute Gasteiger partial charge is 0.355 e. The van der Waals surface area contributed by atoms with Gasteiger partial charge in [-0.15, -0.1) is 0 Å². The van der Waals surface area contributed by atoms with Crippen LogP contribution in [0.3, 0.4) is 0 Å². The number of nitrogens with one attached hydrogen (secondary N) is 1. The summed E-state index contributed by atoms with van der Waals surface area (Å²) in [5, 5.41) is 6.80. The van der Waals surface area contributed by atoms with Crippen molar-refractivity contribution in [1.29, 1.82) is 0 Å². The fourth-order valence-electron chi connectivity index (χ4n) is 2.40. The smallest absolute Gasteiger partial charge is 0.273 e. The lowest BCUT2D eigenvalue weighted by atomic mass is 9.82. The number of benzene rings is 1. The van der Waals surface area contributed by atoms with Crippen LogP contribution < -0.4 is 5.32 Å². The summed E-state index contributed by atoms with van der Waals surface area (Å²) in [6.07, 6.45) is 2.10. The molecule has 0 radical (unpaired) electrons. The molecule has 4 nitrogen and oxygen atoms in total. The molecule has 1 saturated carbocycles. The maximum Gasteiger partial charge on any atom is 0.273 e. The fraction of sp³-hybridized carbons (Fsp3) is 0.333. The Morgan fingerprint density at radius 1 is 1.32 bits per heavy atom. The molecule has 1 N–H and O–H groups in total. The minimum atomic E-state index is -0.150. The lowest BCUT2D eigenvalue weighted by Gasteiger charge is -2.32.